The van der Waals surface area contributed by atoms with Crippen molar-refractivity contribution in [2.24, 2.45) is 0 Å². The Morgan fingerprint density at radius 3 is 2.69 bits per heavy atom. The average molecular weight is 396 g/mol. The van der Waals surface area contributed by atoms with Crippen LogP contribution in [0.25, 0.3) is 0 Å². The maximum absolute atomic E-state index is 12.9. The van der Waals surface area contributed by atoms with Crippen molar-refractivity contribution in [3.8, 4) is 5.75 Å². The van der Waals surface area contributed by atoms with E-state index in [1.165, 1.54) is 0 Å². The van der Waals surface area contributed by atoms with Gasteiger partial charge in [-0.1, -0.05) is 18.2 Å². The van der Waals surface area contributed by atoms with Crippen LogP contribution in [0.3, 0.4) is 0 Å². The highest BCUT2D eigenvalue weighted by molar-refractivity contribution is 6.06. The first-order valence-corrected chi connectivity index (χ1v) is 10.3. The number of β-amino-alcohol motifs (C(OH)–C–C–N with tert-alkyl or cyclic N) is 1. The molecule has 0 bridgehead atoms. The van der Waals surface area contributed by atoms with E-state index in [0.29, 0.717) is 12.1 Å². The number of ether oxygens (including phenoxy) is 2. The van der Waals surface area contributed by atoms with Gasteiger partial charge in [0.2, 0.25) is 0 Å². The Labute approximate surface area is 171 Å². The molecule has 2 heterocycles. The molecule has 1 amide bonds. The zero-order valence-electron chi connectivity index (χ0n) is 16.6. The zero-order chi connectivity index (χ0) is 20.1. The fraction of sp³-hybridized carbons (Fsp3) is 0.435. The van der Waals surface area contributed by atoms with Gasteiger partial charge in [0.05, 0.1) is 13.2 Å². The minimum absolute atomic E-state index is 0.0288. The number of morpholine rings is 1. The lowest BCUT2D eigenvalue weighted by molar-refractivity contribution is 0.00465. The van der Waals surface area contributed by atoms with Crippen LogP contribution in [0.15, 0.2) is 48.5 Å². The predicted molar refractivity (Wildman–Crippen MR) is 112 cm³/mol. The van der Waals surface area contributed by atoms with E-state index in [9.17, 15) is 9.90 Å². The van der Waals surface area contributed by atoms with Gasteiger partial charge in [0.25, 0.3) is 5.91 Å². The number of anilines is 1. The third-order valence-corrected chi connectivity index (χ3v) is 5.45. The van der Waals surface area contributed by atoms with Gasteiger partial charge in [0.1, 0.15) is 18.5 Å². The molecule has 154 valence electrons. The van der Waals surface area contributed by atoms with Gasteiger partial charge in [0, 0.05) is 37.4 Å². The van der Waals surface area contributed by atoms with Crippen molar-refractivity contribution in [2.45, 2.75) is 18.9 Å². The van der Waals surface area contributed by atoms with Crippen molar-refractivity contribution in [3.05, 3.63) is 59.7 Å². The van der Waals surface area contributed by atoms with Gasteiger partial charge in [0.15, 0.2) is 0 Å². The smallest absolute Gasteiger partial charge is 0.258 e. The zero-order valence-corrected chi connectivity index (χ0v) is 16.6. The van der Waals surface area contributed by atoms with E-state index in [-0.39, 0.29) is 12.5 Å². The third kappa shape index (κ3) is 4.96. The molecule has 0 radical (unpaired) electrons. The van der Waals surface area contributed by atoms with Gasteiger partial charge in [-0.2, -0.15) is 0 Å². The number of aliphatic hydroxyl groups excluding tert-OH is 1. The summed E-state index contributed by atoms with van der Waals surface area (Å²) in [4.78, 5) is 16.9. The molecule has 1 N–H and O–H groups in total. The second kappa shape index (κ2) is 9.39. The van der Waals surface area contributed by atoms with Crippen molar-refractivity contribution >= 4 is 11.6 Å². The Bertz CT molecular complexity index is 821. The fourth-order valence-electron chi connectivity index (χ4n) is 3.94. The number of carbonyl (C=O) groups is 1. The minimum atomic E-state index is -0.541. The molecule has 2 aromatic rings. The summed E-state index contributed by atoms with van der Waals surface area (Å²) in [7, 11) is 0. The van der Waals surface area contributed by atoms with E-state index < -0.39 is 6.10 Å². The van der Waals surface area contributed by atoms with E-state index in [0.717, 1.165) is 62.7 Å². The number of hydrogen-bond acceptors (Lipinski definition) is 5. The van der Waals surface area contributed by atoms with Gasteiger partial charge in [-0.3, -0.25) is 9.69 Å². The highest BCUT2D eigenvalue weighted by Crippen LogP contribution is 2.31. The molecule has 4 rings (SSSR count). The highest BCUT2D eigenvalue weighted by Gasteiger charge is 2.24. The summed E-state index contributed by atoms with van der Waals surface area (Å²) >= 11 is 0. The molecule has 2 aromatic carbocycles. The number of nitrogens with zero attached hydrogens (tertiary/aromatic N) is 2. The second-order valence-electron chi connectivity index (χ2n) is 7.59. The van der Waals surface area contributed by atoms with Crippen LogP contribution < -0.4 is 9.64 Å². The van der Waals surface area contributed by atoms with Gasteiger partial charge >= 0.3 is 0 Å². The second-order valence-corrected chi connectivity index (χ2v) is 7.59. The van der Waals surface area contributed by atoms with E-state index in [4.69, 9.17) is 9.47 Å². The number of carbonyl (C=O) groups excluding carboxylic acids is 1. The van der Waals surface area contributed by atoms with E-state index >= 15 is 0 Å². The number of aliphatic hydroxyl groups is 1. The summed E-state index contributed by atoms with van der Waals surface area (Å²) in [6.07, 6.45) is 1.30. The van der Waals surface area contributed by atoms with Gasteiger partial charge in [-0.25, -0.2) is 0 Å². The molecule has 0 spiro atoms. The van der Waals surface area contributed by atoms with E-state index in [1.54, 1.807) is 0 Å². The number of amides is 1. The van der Waals surface area contributed by atoms with Crippen LogP contribution in [0.4, 0.5) is 5.69 Å². The van der Waals surface area contributed by atoms with Crippen molar-refractivity contribution in [1.82, 2.24) is 4.90 Å². The monoisotopic (exact) mass is 396 g/mol. The van der Waals surface area contributed by atoms with Crippen molar-refractivity contribution < 1.29 is 19.4 Å². The van der Waals surface area contributed by atoms with Crippen LogP contribution in [0.5, 0.6) is 5.75 Å². The van der Waals surface area contributed by atoms with Crippen molar-refractivity contribution in [1.29, 1.82) is 0 Å². The van der Waals surface area contributed by atoms with Crippen molar-refractivity contribution in [3.63, 3.8) is 0 Å². The number of rotatable bonds is 6. The topological polar surface area (TPSA) is 62.2 Å². The maximum atomic E-state index is 12.9. The predicted octanol–water partition coefficient (Wildman–Crippen LogP) is 2.35. The Hall–Kier alpha value is -2.41. The lowest BCUT2D eigenvalue weighted by atomic mass is 10.0. The largest absolute Gasteiger partial charge is 0.491 e. The molecule has 29 heavy (non-hydrogen) atoms. The SMILES string of the molecule is O=C(c1ccccc1)N1CCCc2cc(OCC(O)CN3CCOCC3)ccc21. The Kier molecular flexibility index (Phi) is 6.44. The average Bonchev–Trinajstić information content (AvgIpc) is 2.78. The van der Waals surface area contributed by atoms with Gasteiger partial charge in [-0.05, 0) is 48.7 Å². The summed E-state index contributed by atoms with van der Waals surface area (Å²) in [5, 5.41) is 10.3. The summed E-state index contributed by atoms with van der Waals surface area (Å²) in [6, 6.07) is 15.2. The Morgan fingerprint density at radius 2 is 1.90 bits per heavy atom. The highest BCUT2D eigenvalue weighted by atomic mass is 16.5. The Balaban J connectivity index is 1.38. The summed E-state index contributed by atoms with van der Waals surface area (Å²) < 4.78 is 11.2. The maximum Gasteiger partial charge on any atom is 0.258 e. The lowest BCUT2D eigenvalue weighted by Gasteiger charge is -2.30. The number of aryl methyl sites for hydroxylation is 1. The molecule has 1 saturated heterocycles. The van der Waals surface area contributed by atoms with Crippen molar-refractivity contribution in [2.75, 3.05) is 50.9 Å². The molecule has 6 nitrogen and oxygen atoms in total. The van der Waals surface area contributed by atoms with Crippen LogP contribution in [0.1, 0.15) is 22.3 Å². The van der Waals surface area contributed by atoms with Gasteiger partial charge < -0.3 is 19.5 Å². The first kappa shape index (κ1) is 19.9. The first-order valence-electron chi connectivity index (χ1n) is 10.3. The number of fused-ring (bicyclic) bond motifs is 1. The molecular formula is C23H28N2O4. The van der Waals surface area contributed by atoms with Crippen LogP contribution in [-0.2, 0) is 11.2 Å². The first-order chi connectivity index (χ1) is 14.2. The van der Waals surface area contributed by atoms with E-state index in [2.05, 4.69) is 4.90 Å². The lowest BCUT2D eigenvalue weighted by Crippen LogP contribution is -2.42. The fourth-order valence-corrected chi connectivity index (χ4v) is 3.94. The Morgan fingerprint density at radius 1 is 1.10 bits per heavy atom. The summed E-state index contributed by atoms with van der Waals surface area (Å²) in [5.41, 5.74) is 2.76. The molecule has 2 aliphatic heterocycles. The standard InChI is InChI=1S/C23H28N2O4/c26-20(16-24-11-13-28-14-12-24)17-29-21-8-9-22-19(15-21)7-4-10-25(22)23(27)18-5-2-1-3-6-18/h1-3,5-6,8-9,15,20,26H,4,7,10-14,16-17H2. The quantitative estimate of drug-likeness (QED) is 0.812. The number of hydrogen-bond donors (Lipinski definition) is 1. The molecule has 1 unspecified atom stereocenters. The third-order valence-electron chi connectivity index (χ3n) is 5.45. The van der Waals surface area contributed by atoms with Crippen LogP contribution >= 0.6 is 0 Å². The molecular weight excluding hydrogens is 368 g/mol. The van der Waals surface area contributed by atoms with Gasteiger partial charge in [-0.15, -0.1) is 0 Å². The van der Waals surface area contributed by atoms with Crippen LogP contribution in [0.2, 0.25) is 0 Å². The van der Waals surface area contributed by atoms with E-state index in [1.807, 2.05) is 53.4 Å². The molecule has 0 saturated carbocycles. The molecule has 0 aromatic heterocycles. The van der Waals surface area contributed by atoms with Crippen LogP contribution in [-0.4, -0.2) is 68.0 Å². The summed E-state index contributed by atoms with van der Waals surface area (Å²) in [6.45, 7) is 4.70. The minimum Gasteiger partial charge on any atom is -0.491 e. The molecule has 6 heteroatoms. The normalized spacial score (nSPS) is 18.2. The molecule has 2 aliphatic rings. The van der Waals surface area contributed by atoms with Crippen LogP contribution in [0, 0.1) is 0 Å². The molecule has 1 atom stereocenters. The number of benzene rings is 2. The molecule has 1 fully saturated rings. The molecule has 0 aliphatic carbocycles. The summed E-state index contributed by atoms with van der Waals surface area (Å²) in [5.74, 6) is 0.764.